The molecule has 0 unspecified atom stereocenters. The Morgan fingerprint density at radius 2 is 1.70 bits per heavy atom. The largest absolute Gasteiger partial charge is 0.472 e. The van der Waals surface area contributed by atoms with E-state index in [2.05, 4.69) is 10.4 Å². The van der Waals surface area contributed by atoms with Gasteiger partial charge in [-0.25, -0.2) is 0 Å². The number of aryl methyl sites for hydroxylation is 2. The molecule has 0 aliphatic carbocycles. The molecular weight excluding hydrogens is 438 g/mol. The number of aromatic nitrogens is 2. The third kappa shape index (κ3) is 5.48. The molecule has 3 aromatic carbocycles. The van der Waals surface area contributed by atoms with Gasteiger partial charge in [-0.2, -0.15) is 4.68 Å². The highest BCUT2D eigenvalue weighted by Gasteiger charge is 2.10. The summed E-state index contributed by atoms with van der Waals surface area (Å²) in [6, 6.07) is 22.8. The lowest BCUT2D eigenvalue weighted by atomic mass is 10.1. The van der Waals surface area contributed by atoms with Gasteiger partial charge in [0.15, 0.2) is 0 Å². The molecule has 0 saturated heterocycles. The van der Waals surface area contributed by atoms with Crippen molar-refractivity contribution in [3.63, 3.8) is 0 Å². The minimum absolute atomic E-state index is 0.226. The Morgan fingerprint density at radius 1 is 0.970 bits per heavy atom. The number of carbonyl (C=O) groups is 1. The van der Waals surface area contributed by atoms with Crippen molar-refractivity contribution in [1.82, 2.24) is 9.78 Å². The van der Waals surface area contributed by atoms with Gasteiger partial charge < -0.3 is 10.1 Å². The lowest BCUT2D eigenvalue weighted by molar-refractivity contribution is 0.102. The molecule has 1 aromatic heterocycles. The van der Waals surface area contributed by atoms with Crippen LogP contribution in [0.25, 0.3) is 5.69 Å². The van der Waals surface area contributed by atoms with Crippen LogP contribution < -0.4 is 15.6 Å². The number of benzene rings is 3. The highest BCUT2D eigenvalue weighted by molar-refractivity contribution is 6.30. The molecule has 0 fully saturated rings. The Hall–Kier alpha value is -3.90. The number of rotatable bonds is 6. The highest BCUT2D eigenvalue weighted by atomic mass is 35.5. The summed E-state index contributed by atoms with van der Waals surface area (Å²) in [5.74, 6) is 0.0805. The Morgan fingerprint density at radius 3 is 2.42 bits per heavy atom. The molecule has 1 heterocycles. The fraction of sp³-hybridized carbons (Fsp3) is 0.115. The van der Waals surface area contributed by atoms with E-state index in [-0.39, 0.29) is 11.5 Å². The van der Waals surface area contributed by atoms with Crippen LogP contribution in [-0.2, 0) is 6.61 Å². The van der Waals surface area contributed by atoms with Gasteiger partial charge in [0.1, 0.15) is 6.61 Å². The smallest absolute Gasteiger partial charge is 0.271 e. The molecule has 4 rings (SSSR count). The Labute approximate surface area is 196 Å². The fourth-order valence-electron chi connectivity index (χ4n) is 3.21. The molecule has 4 aromatic rings. The summed E-state index contributed by atoms with van der Waals surface area (Å²) in [6.07, 6.45) is 0. The number of nitrogens with zero attached hydrogens (tertiary/aromatic N) is 2. The predicted octanol–water partition coefficient (Wildman–Crippen LogP) is 5.33. The lowest BCUT2D eigenvalue weighted by Crippen LogP contribution is -2.21. The third-order valence-electron chi connectivity index (χ3n) is 5.09. The van der Waals surface area contributed by atoms with Crippen LogP contribution in [-0.4, -0.2) is 15.7 Å². The zero-order valence-corrected chi connectivity index (χ0v) is 19.0. The van der Waals surface area contributed by atoms with Crippen LogP contribution in [0.2, 0.25) is 5.02 Å². The molecule has 0 atom stereocenters. The van der Waals surface area contributed by atoms with Gasteiger partial charge in [0.25, 0.3) is 11.5 Å². The van der Waals surface area contributed by atoms with E-state index in [9.17, 15) is 9.59 Å². The quantitative estimate of drug-likeness (QED) is 0.422. The first-order chi connectivity index (χ1) is 15.9. The van der Waals surface area contributed by atoms with E-state index >= 15 is 0 Å². The van der Waals surface area contributed by atoms with Crippen LogP contribution in [0, 0.1) is 13.8 Å². The molecule has 166 valence electrons. The Kier molecular flexibility index (Phi) is 6.56. The van der Waals surface area contributed by atoms with Crippen molar-refractivity contribution < 1.29 is 9.53 Å². The van der Waals surface area contributed by atoms with Crippen LogP contribution >= 0.6 is 11.6 Å². The summed E-state index contributed by atoms with van der Waals surface area (Å²) in [5, 5.41) is 7.88. The maximum Gasteiger partial charge on any atom is 0.271 e. The van der Waals surface area contributed by atoms with Crippen molar-refractivity contribution in [3.8, 4) is 11.6 Å². The van der Waals surface area contributed by atoms with E-state index in [4.69, 9.17) is 16.3 Å². The van der Waals surface area contributed by atoms with Gasteiger partial charge in [0.05, 0.1) is 5.69 Å². The van der Waals surface area contributed by atoms with Crippen LogP contribution in [0.1, 0.15) is 27.0 Å². The summed E-state index contributed by atoms with van der Waals surface area (Å²) in [6.45, 7) is 4.21. The van der Waals surface area contributed by atoms with Crippen LogP contribution in [0.3, 0.4) is 0 Å². The molecule has 1 amide bonds. The van der Waals surface area contributed by atoms with E-state index in [1.807, 2.05) is 44.2 Å². The van der Waals surface area contributed by atoms with Crippen molar-refractivity contribution in [2.45, 2.75) is 20.5 Å². The number of nitrogens with one attached hydrogen (secondary N) is 1. The molecule has 1 N–H and O–H groups in total. The summed E-state index contributed by atoms with van der Waals surface area (Å²) >= 11 is 5.90. The molecule has 0 spiro atoms. The minimum Gasteiger partial charge on any atom is -0.472 e. The van der Waals surface area contributed by atoms with Gasteiger partial charge in [0, 0.05) is 28.4 Å². The number of carbonyl (C=O) groups excluding carboxylic acids is 1. The van der Waals surface area contributed by atoms with E-state index in [1.165, 1.54) is 16.8 Å². The molecule has 33 heavy (non-hydrogen) atoms. The number of anilines is 1. The molecule has 0 aliphatic rings. The molecule has 6 nitrogen and oxygen atoms in total. The average molecular weight is 460 g/mol. The number of amides is 1. The van der Waals surface area contributed by atoms with Crippen LogP contribution in [0.15, 0.2) is 83.7 Å². The summed E-state index contributed by atoms with van der Waals surface area (Å²) in [5.41, 5.74) is 4.45. The number of ether oxygens (including phenoxy) is 1. The second kappa shape index (κ2) is 9.71. The van der Waals surface area contributed by atoms with Crippen molar-refractivity contribution in [1.29, 1.82) is 0 Å². The first-order valence-electron chi connectivity index (χ1n) is 10.4. The second-order valence-electron chi connectivity index (χ2n) is 7.66. The van der Waals surface area contributed by atoms with Gasteiger partial charge in [0.2, 0.25) is 5.88 Å². The first-order valence-corrected chi connectivity index (χ1v) is 10.7. The number of halogens is 1. The van der Waals surface area contributed by atoms with Gasteiger partial charge in [-0.3, -0.25) is 9.59 Å². The normalized spacial score (nSPS) is 10.6. The molecule has 0 bridgehead atoms. The van der Waals surface area contributed by atoms with Crippen molar-refractivity contribution in [2.24, 2.45) is 0 Å². The highest BCUT2D eigenvalue weighted by Crippen LogP contribution is 2.18. The van der Waals surface area contributed by atoms with Gasteiger partial charge >= 0.3 is 0 Å². The van der Waals surface area contributed by atoms with E-state index < -0.39 is 0 Å². The lowest BCUT2D eigenvalue weighted by Gasteiger charge is -2.11. The van der Waals surface area contributed by atoms with Crippen LogP contribution in [0.5, 0.6) is 5.88 Å². The average Bonchev–Trinajstić information content (AvgIpc) is 2.82. The standard InChI is InChI=1S/C26H22ClN3O3/c1-17-3-4-18(2)23(15-17)28-26(32)20-7-11-22(12-8-20)30-25(31)14-13-24(29-30)33-16-19-5-9-21(27)10-6-19/h3-15H,16H2,1-2H3,(H,28,32). The first kappa shape index (κ1) is 22.3. The molecule has 0 radical (unpaired) electrons. The zero-order valence-electron chi connectivity index (χ0n) is 18.2. The maximum absolute atomic E-state index is 12.7. The van der Waals surface area contributed by atoms with Crippen molar-refractivity contribution in [2.75, 3.05) is 5.32 Å². The fourth-order valence-corrected chi connectivity index (χ4v) is 3.34. The zero-order chi connectivity index (χ0) is 23.4. The monoisotopic (exact) mass is 459 g/mol. The van der Waals surface area contributed by atoms with Crippen molar-refractivity contribution >= 4 is 23.2 Å². The van der Waals surface area contributed by atoms with E-state index in [0.717, 1.165) is 22.4 Å². The van der Waals surface area contributed by atoms with Crippen LogP contribution in [0.4, 0.5) is 5.69 Å². The van der Waals surface area contributed by atoms with Crippen molar-refractivity contribution in [3.05, 3.63) is 116 Å². The second-order valence-corrected chi connectivity index (χ2v) is 8.09. The predicted molar refractivity (Wildman–Crippen MR) is 129 cm³/mol. The minimum atomic E-state index is -0.304. The molecular formula is C26H22ClN3O3. The molecule has 0 aliphatic heterocycles. The SMILES string of the molecule is Cc1ccc(C)c(NC(=O)c2ccc(-n3nc(OCc4ccc(Cl)cc4)ccc3=O)cc2)c1. The van der Waals surface area contributed by atoms with Gasteiger partial charge in [-0.15, -0.1) is 5.10 Å². The summed E-state index contributed by atoms with van der Waals surface area (Å²) < 4.78 is 6.96. The molecule has 7 heteroatoms. The number of hydrogen-bond donors (Lipinski definition) is 1. The van der Waals surface area contributed by atoms with Gasteiger partial charge in [-0.05, 0) is 73.0 Å². The molecule has 0 saturated carbocycles. The number of hydrogen-bond acceptors (Lipinski definition) is 4. The third-order valence-corrected chi connectivity index (χ3v) is 5.34. The van der Waals surface area contributed by atoms with E-state index in [1.54, 1.807) is 36.4 Å². The van der Waals surface area contributed by atoms with E-state index in [0.29, 0.717) is 28.8 Å². The summed E-state index contributed by atoms with van der Waals surface area (Å²) in [7, 11) is 0. The summed E-state index contributed by atoms with van der Waals surface area (Å²) in [4.78, 5) is 25.0. The maximum atomic E-state index is 12.7. The Bertz CT molecular complexity index is 1350. The van der Waals surface area contributed by atoms with Gasteiger partial charge in [-0.1, -0.05) is 35.9 Å². The topological polar surface area (TPSA) is 73.2 Å². The Balaban J connectivity index is 1.49.